The summed E-state index contributed by atoms with van der Waals surface area (Å²) in [5.41, 5.74) is 0. The van der Waals surface area contributed by atoms with Gasteiger partial charge in [-0.05, 0) is 31.1 Å². The molecule has 0 aromatic rings. The Kier molecular flexibility index (Phi) is 3.29. The monoisotopic (exact) mass is 210 g/mol. The quantitative estimate of drug-likeness (QED) is 0.721. The molecular formula is C12H22N2O. The van der Waals surface area contributed by atoms with Crippen molar-refractivity contribution in [2.45, 2.75) is 51.6 Å². The fourth-order valence-corrected chi connectivity index (χ4v) is 2.76. The fourth-order valence-electron chi connectivity index (χ4n) is 2.76. The maximum absolute atomic E-state index is 11.1. The minimum absolute atomic E-state index is 0.199. The van der Waals surface area contributed by atoms with Crippen molar-refractivity contribution in [2.75, 3.05) is 6.54 Å². The molecule has 2 aliphatic rings. The number of rotatable bonds is 2. The minimum atomic E-state index is 0.199. The molecule has 3 nitrogen and oxygen atoms in total. The smallest absolute Gasteiger partial charge is 0.221 e. The van der Waals surface area contributed by atoms with Crippen LogP contribution >= 0.6 is 0 Å². The molecule has 1 saturated heterocycles. The van der Waals surface area contributed by atoms with Crippen LogP contribution in [0.1, 0.15) is 39.5 Å². The van der Waals surface area contributed by atoms with Crippen LogP contribution in [0.4, 0.5) is 0 Å². The van der Waals surface area contributed by atoms with Gasteiger partial charge in [0.05, 0.1) is 0 Å². The molecule has 15 heavy (non-hydrogen) atoms. The summed E-state index contributed by atoms with van der Waals surface area (Å²) < 4.78 is 0. The Morgan fingerprint density at radius 3 is 2.60 bits per heavy atom. The van der Waals surface area contributed by atoms with Gasteiger partial charge in [-0.25, -0.2) is 0 Å². The number of hydrogen-bond donors (Lipinski definition) is 2. The summed E-state index contributed by atoms with van der Waals surface area (Å²) in [6, 6.07) is 1.01. The SMILES string of the molecule is CC1CCC(NC2CNC(=O)C2)CC1C. The first-order valence-corrected chi connectivity index (χ1v) is 6.18. The summed E-state index contributed by atoms with van der Waals surface area (Å²) in [7, 11) is 0. The standard InChI is InChI=1S/C12H22N2O/c1-8-3-4-10(5-9(8)2)14-11-6-12(15)13-7-11/h8-11,14H,3-7H2,1-2H3,(H,13,15). The Labute approximate surface area is 92.0 Å². The summed E-state index contributed by atoms with van der Waals surface area (Å²) in [5.74, 6) is 1.89. The highest BCUT2D eigenvalue weighted by molar-refractivity contribution is 5.78. The van der Waals surface area contributed by atoms with Crippen molar-refractivity contribution in [1.29, 1.82) is 0 Å². The maximum Gasteiger partial charge on any atom is 0.221 e. The summed E-state index contributed by atoms with van der Waals surface area (Å²) in [4.78, 5) is 11.1. The lowest BCUT2D eigenvalue weighted by atomic mass is 9.79. The molecular weight excluding hydrogens is 188 g/mol. The lowest BCUT2D eigenvalue weighted by Crippen LogP contribution is -2.43. The molecule has 1 amide bonds. The van der Waals surface area contributed by atoms with E-state index in [2.05, 4.69) is 24.5 Å². The molecule has 0 aromatic heterocycles. The molecule has 1 saturated carbocycles. The zero-order valence-electron chi connectivity index (χ0n) is 9.75. The topological polar surface area (TPSA) is 41.1 Å². The van der Waals surface area contributed by atoms with Crippen LogP contribution < -0.4 is 10.6 Å². The van der Waals surface area contributed by atoms with Gasteiger partial charge in [-0.2, -0.15) is 0 Å². The zero-order valence-corrected chi connectivity index (χ0v) is 9.75. The molecule has 0 aromatic carbocycles. The van der Waals surface area contributed by atoms with E-state index in [4.69, 9.17) is 0 Å². The van der Waals surface area contributed by atoms with E-state index in [0.29, 0.717) is 18.5 Å². The van der Waals surface area contributed by atoms with Crippen molar-refractivity contribution in [3.63, 3.8) is 0 Å². The predicted octanol–water partition coefficient (Wildman–Crippen LogP) is 1.29. The first kappa shape index (κ1) is 10.9. The molecule has 1 heterocycles. The van der Waals surface area contributed by atoms with Gasteiger partial charge in [0.15, 0.2) is 0 Å². The van der Waals surface area contributed by atoms with E-state index < -0.39 is 0 Å². The van der Waals surface area contributed by atoms with Crippen LogP contribution in [0, 0.1) is 11.8 Å². The van der Waals surface area contributed by atoms with Crippen molar-refractivity contribution in [2.24, 2.45) is 11.8 Å². The molecule has 4 atom stereocenters. The zero-order chi connectivity index (χ0) is 10.8. The van der Waals surface area contributed by atoms with Crippen LogP contribution in [-0.4, -0.2) is 24.5 Å². The fraction of sp³-hybridized carbons (Fsp3) is 0.917. The third-order valence-corrected chi connectivity index (χ3v) is 4.05. The van der Waals surface area contributed by atoms with E-state index in [0.717, 1.165) is 18.4 Å². The third kappa shape index (κ3) is 2.71. The minimum Gasteiger partial charge on any atom is -0.354 e. The first-order valence-electron chi connectivity index (χ1n) is 6.18. The lowest BCUT2D eigenvalue weighted by molar-refractivity contribution is -0.119. The molecule has 0 radical (unpaired) electrons. The summed E-state index contributed by atoms with van der Waals surface area (Å²) in [6.07, 6.45) is 4.54. The number of amides is 1. The van der Waals surface area contributed by atoms with Crippen LogP contribution in [0.3, 0.4) is 0 Å². The second-order valence-corrected chi connectivity index (χ2v) is 5.34. The van der Waals surface area contributed by atoms with Gasteiger partial charge < -0.3 is 10.6 Å². The van der Waals surface area contributed by atoms with E-state index in [1.807, 2.05) is 0 Å². The molecule has 86 valence electrons. The van der Waals surface area contributed by atoms with Crippen molar-refractivity contribution in [3.05, 3.63) is 0 Å². The molecule has 1 aliphatic heterocycles. The van der Waals surface area contributed by atoms with Crippen molar-refractivity contribution >= 4 is 5.91 Å². The summed E-state index contributed by atoms with van der Waals surface area (Å²) in [6.45, 7) is 5.51. The van der Waals surface area contributed by atoms with Gasteiger partial charge in [0.2, 0.25) is 5.91 Å². The molecule has 0 spiro atoms. The van der Waals surface area contributed by atoms with Gasteiger partial charge in [-0.3, -0.25) is 4.79 Å². The average molecular weight is 210 g/mol. The highest BCUT2D eigenvalue weighted by Gasteiger charge is 2.28. The lowest BCUT2D eigenvalue weighted by Gasteiger charge is -2.34. The van der Waals surface area contributed by atoms with Gasteiger partial charge in [0, 0.05) is 25.0 Å². The second kappa shape index (κ2) is 4.52. The Bertz CT molecular complexity index is 242. The largest absolute Gasteiger partial charge is 0.354 e. The Morgan fingerprint density at radius 1 is 1.20 bits per heavy atom. The molecule has 2 fully saturated rings. The van der Waals surface area contributed by atoms with Crippen LogP contribution in [-0.2, 0) is 4.79 Å². The molecule has 2 rings (SSSR count). The number of nitrogens with one attached hydrogen (secondary N) is 2. The highest BCUT2D eigenvalue weighted by atomic mass is 16.1. The Morgan fingerprint density at radius 2 is 2.00 bits per heavy atom. The van der Waals surface area contributed by atoms with Gasteiger partial charge >= 0.3 is 0 Å². The van der Waals surface area contributed by atoms with Crippen molar-refractivity contribution in [3.8, 4) is 0 Å². The van der Waals surface area contributed by atoms with Gasteiger partial charge in [-0.15, -0.1) is 0 Å². The molecule has 1 aliphatic carbocycles. The summed E-state index contributed by atoms with van der Waals surface area (Å²) >= 11 is 0. The van der Waals surface area contributed by atoms with E-state index in [1.165, 1.54) is 19.3 Å². The van der Waals surface area contributed by atoms with Gasteiger partial charge in [0.1, 0.15) is 0 Å². The molecule has 4 unspecified atom stereocenters. The second-order valence-electron chi connectivity index (χ2n) is 5.34. The van der Waals surface area contributed by atoms with Crippen LogP contribution in [0.25, 0.3) is 0 Å². The van der Waals surface area contributed by atoms with Crippen molar-refractivity contribution in [1.82, 2.24) is 10.6 Å². The van der Waals surface area contributed by atoms with E-state index in [9.17, 15) is 4.79 Å². The number of carbonyl (C=O) groups excluding carboxylic acids is 1. The normalized spacial score (nSPS) is 41.6. The maximum atomic E-state index is 11.1. The van der Waals surface area contributed by atoms with Gasteiger partial charge in [0.25, 0.3) is 0 Å². The summed E-state index contributed by atoms with van der Waals surface area (Å²) in [5, 5.41) is 6.49. The third-order valence-electron chi connectivity index (χ3n) is 4.05. The van der Waals surface area contributed by atoms with Crippen molar-refractivity contribution < 1.29 is 4.79 Å². The van der Waals surface area contributed by atoms with Crippen LogP contribution in [0.2, 0.25) is 0 Å². The average Bonchev–Trinajstić information content (AvgIpc) is 2.58. The van der Waals surface area contributed by atoms with Gasteiger partial charge in [-0.1, -0.05) is 13.8 Å². The Balaban J connectivity index is 1.78. The Hall–Kier alpha value is -0.570. The molecule has 0 bridgehead atoms. The number of carbonyl (C=O) groups is 1. The molecule has 2 N–H and O–H groups in total. The van der Waals surface area contributed by atoms with E-state index in [-0.39, 0.29) is 5.91 Å². The highest BCUT2D eigenvalue weighted by Crippen LogP contribution is 2.29. The predicted molar refractivity (Wildman–Crippen MR) is 60.5 cm³/mol. The van der Waals surface area contributed by atoms with Crippen LogP contribution in [0.15, 0.2) is 0 Å². The number of hydrogen-bond acceptors (Lipinski definition) is 2. The van der Waals surface area contributed by atoms with E-state index in [1.54, 1.807) is 0 Å². The van der Waals surface area contributed by atoms with Crippen LogP contribution in [0.5, 0.6) is 0 Å². The van der Waals surface area contributed by atoms with E-state index >= 15 is 0 Å². The molecule has 3 heteroatoms. The first-order chi connectivity index (χ1) is 7.15.